The summed E-state index contributed by atoms with van der Waals surface area (Å²) >= 11 is 3.58. The summed E-state index contributed by atoms with van der Waals surface area (Å²) in [7, 11) is 0. The molecule has 0 saturated carbocycles. The Hall–Kier alpha value is -1.15. The molecule has 0 unspecified atom stereocenters. The van der Waals surface area contributed by atoms with Gasteiger partial charge in [0.25, 0.3) is 11.9 Å². The van der Waals surface area contributed by atoms with Crippen LogP contribution < -0.4 is 0 Å². The van der Waals surface area contributed by atoms with Crippen molar-refractivity contribution in [1.82, 2.24) is 9.97 Å². The molecule has 94 valence electrons. The second-order valence-corrected chi connectivity index (χ2v) is 4.90. The van der Waals surface area contributed by atoms with Crippen LogP contribution in [0.4, 0.5) is 17.6 Å². The van der Waals surface area contributed by atoms with E-state index in [1.807, 2.05) is 0 Å². The van der Waals surface area contributed by atoms with Gasteiger partial charge in [-0.1, -0.05) is 11.8 Å². The third kappa shape index (κ3) is 2.49. The van der Waals surface area contributed by atoms with Gasteiger partial charge in [-0.05, 0) is 28.1 Å². The van der Waals surface area contributed by atoms with Gasteiger partial charge in [-0.2, -0.15) is 13.8 Å². The lowest BCUT2D eigenvalue weighted by Gasteiger charge is -2.06. The molecule has 0 aliphatic rings. The van der Waals surface area contributed by atoms with E-state index < -0.39 is 28.4 Å². The lowest BCUT2D eigenvalue weighted by Crippen LogP contribution is -2.02. The monoisotopic (exact) mass is 338 g/mol. The minimum Gasteiger partial charge on any atom is -0.248 e. The molecule has 0 N–H and O–H groups in total. The van der Waals surface area contributed by atoms with Crippen molar-refractivity contribution in [2.24, 2.45) is 0 Å². The molecule has 18 heavy (non-hydrogen) atoms. The van der Waals surface area contributed by atoms with Gasteiger partial charge in [0.2, 0.25) is 0 Å². The van der Waals surface area contributed by atoms with E-state index in [1.54, 1.807) is 12.1 Å². The SMILES string of the molecule is Fc1nc(F)c(F)c(Sc2ncccc2Br)c1F. The summed E-state index contributed by atoms with van der Waals surface area (Å²) < 4.78 is 52.9. The molecule has 2 nitrogen and oxygen atoms in total. The van der Waals surface area contributed by atoms with Crippen molar-refractivity contribution in [1.29, 1.82) is 0 Å². The second kappa shape index (κ2) is 5.23. The Bertz CT molecular complexity index is 582. The highest BCUT2D eigenvalue weighted by molar-refractivity contribution is 9.10. The maximum atomic E-state index is 13.4. The van der Waals surface area contributed by atoms with Crippen LogP contribution in [0.3, 0.4) is 0 Å². The number of halogens is 5. The highest BCUT2D eigenvalue weighted by Gasteiger charge is 2.22. The fourth-order valence-corrected chi connectivity index (χ4v) is 2.42. The van der Waals surface area contributed by atoms with Gasteiger partial charge in [-0.25, -0.2) is 13.8 Å². The van der Waals surface area contributed by atoms with Crippen molar-refractivity contribution in [3.8, 4) is 0 Å². The average Bonchev–Trinajstić information content (AvgIpc) is 2.34. The van der Waals surface area contributed by atoms with Gasteiger partial charge in [0, 0.05) is 6.20 Å². The first-order valence-corrected chi connectivity index (χ1v) is 6.10. The Labute approximate surface area is 112 Å². The lowest BCUT2D eigenvalue weighted by atomic mass is 10.4. The Morgan fingerprint density at radius 3 is 2.22 bits per heavy atom. The predicted molar refractivity (Wildman–Crippen MR) is 60.1 cm³/mol. The summed E-state index contributed by atoms with van der Waals surface area (Å²) in [6.45, 7) is 0. The number of hydrogen-bond acceptors (Lipinski definition) is 3. The van der Waals surface area contributed by atoms with Crippen LogP contribution in [0, 0.1) is 23.5 Å². The van der Waals surface area contributed by atoms with Gasteiger partial charge in [0.1, 0.15) is 5.03 Å². The largest absolute Gasteiger partial charge is 0.252 e. The molecule has 2 aromatic heterocycles. The van der Waals surface area contributed by atoms with E-state index in [4.69, 9.17) is 0 Å². The summed E-state index contributed by atoms with van der Waals surface area (Å²) in [5.74, 6) is -6.47. The van der Waals surface area contributed by atoms with E-state index in [1.165, 1.54) is 6.20 Å². The van der Waals surface area contributed by atoms with Crippen LogP contribution >= 0.6 is 27.7 Å². The first-order valence-electron chi connectivity index (χ1n) is 4.49. The molecule has 0 atom stereocenters. The first-order chi connectivity index (χ1) is 8.50. The van der Waals surface area contributed by atoms with Crippen LogP contribution in [0.5, 0.6) is 0 Å². The van der Waals surface area contributed by atoms with E-state index in [-0.39, 0.29) is 5.03 Å². The fraction of sp³-hybridized carbons (Fsp3) is 0. The lowest BCUT2D eigenvalue weighted by molar-refractivity contribution is 0.383. The molecule has 0 spiro atoms. The number of aromatic nitrogens is 2. The molecule has 2 aromatic rings. The number of pyridine rings is 2. The third-order valence-corrected chi connectivity index (χ3v) is 3.86. The van der Waals surface area contributed by atoms with Gasteiger partial charge in [0.05, 0.1) is 9.37 Å². The quantitative estimate of drug-likeness (QED) is 0.612. The molecule has 0 fully saturated rings. The smallest absolute Gasteiger partial charge is 0.248 e. The van der Waals surface area contributed by atoms with Crippen molar-refractivity contribution in [3.05, 3.63) is 46.3 Å². The van der Waals surface area contributed by atoms with Gasteiger partial charge in [-0.3, -0.25) is 0 Å². The maximum absolute atomic E-state index is 13.4. The van der Waals surface area contributed by atoms with Gasteiger partial charge in [-0.15, -0.1) is 0 Å². The van der Waals surface area contributed by atoms with Gasteiger partial charge in [0.15, 0.2) is 11.6 Å². The number of rotatable bonds is 2. The minimum atomic E-state index is -1.69. The van der Waals surface area contributed by atoms with E-state index >= 15 is 0 Å². The third-order valence-electron chi connectivity index (χ3n) is 1.88. The topological polar surface area (TPSA) is 25.8 Å². The molecule has 0 radical (unpaired) electrons. The average molecular weight is 339 g/mol. The number of hydrogen-bond donors (Lipinski definition) is 0. The Morgan fingerprint density at radius 1 is 1.06 bits per heavy atom. The normalized spacial score (nSPS) is 10.7. The first kappa shape index (κ1) is 13.3. The summed E-state index contributed by atoms with van der Waals surface area (Å²) in [5.41, 5.74) is 0. The predicted octanol–water partition coefficient (Wildman–Crippen LogP) is 3.95. The Morgan fingerprint density at radius 2 is 1.67 bits per heavy atom. The second-order valence-electron chi connectivity index (χ2n) is 3.04. The molecular formula is C10H3BrF4N2S. The summed E-state index contributed by atoms with van der Waals surface area (Å²) in [6.07, 6.45) is 1.39. The summed E-state index contributed by atoms with van der Waals surface area (Å²) in [6, 6.07) is 3.17. The zero-order valence-corrected chi connectivity index (χ0v) is 10.8. The molecule has 0 amide bonds. The van der Waals surface area contributed by atoms with E-state index in [2.05, 4.69) is 25.9 Å². The molecule has 0 saturated heterocycles. The van der Waals surface area contributed by atoms with E-state index in [9.17, 15) is 17.6 Å². The molecular weight excluding hydrogens is 336 g/mol. The highest BCUT2D eigenvalue weighted by atomic mass is 79.9. The van der Waals surface area contributed by atoms with Crippen LogP contribution in [0.25, 0.3) is 0 Å². The molecule has 2 heterocycles. The standard InChI is InChI=1S/C10H3BrF4N2S/c11-4-2-1-3-16-10(4)18-7-5(12)8(14)17-9(15)6(7)13/h1-3H. The zero-order valence-electron chi connectivity index (χ0n) is 8.42. The van der Waals surface area contributed by atoms with Crippen molar-refractivity contribution in [3.63, 3.8) is 0 Å². The van der Waals surface area contributed by atoms with Crippen molar-refractivity contribution < 1.29 is 17.6 Å². The molecule has 0 aliphatic heterocycles. The van der Waals surface area contributed by atoms with Crippen molar-refractivity contribution >= 4 is 27.7 Å². The van der Waals surface area contributed by atoms with Crippen LogP contribution in [-0.2, 0) is 0 Å². The summed E-state index contributed by atoms with van der Waals surface area (Å²) in [5, 5.41) is 0.181. The minimum absolute atomic E-state index is 0.181. The number of nitrogens with zero attached hydrogens (tertiary/aromatic N) is 2. The highest BCUT2D eigenvalue weighted by Crippen LogP contribution is 2.35. The van der Waals surface area contributed by atoms with Crippen LogP contribution in [0.15, 0.2) is 32.7 Å². The van der Waals surface area contributed by atoms with Crippen LogP contribution in [-0.4, -0.2) is 9.97 Å². The molecule has 8 heteroatoms. The van der Waals surface area contributed by atoms with Gasteiger partial charge < -0.3 is 0 Å². The van der Waals surface area contributed by atoms with E-state index in [0.29, 0.717) is 16.2 Å². The summed E-state index contributed by atoms with van der Waals surface area (Å²) in [4.78, 5) is 5.48. The van der Waals surface area contributed by atoms with Crippen molar-refractivity contribution in [2.75, 3.05) is 0 Å². The molecule has 0 bridgehead atoms. The van der Waals surface area contributed by atoms with E-state index in [0.717, 1.165) is 0 Å². The maximum Gasteiger partial charge on any atom is 0.252 e. The Kier molecular flexibility index (Phi) is 3.86. The fourth-order valence-electron chi connectivity index (χ4n) is 1.10. The van der Waals surface area contributed by atoms with Crippen LogP contribution in [0.2, 0.25) is 0 Å². The van der Waals surface area contributed by atoms with Gasteiger partial charge >= 0.3 is 0 Å². The van der Waals surface area contributed by atoms with Crippen molar-refractivity contribution in [2.45, 2.75) is 9.92 Å². The molecule has 0 aliphatic carbocycles. The zero-order chi connectivity index (χ0) is 13.3. The Balaban J connectivity index is 2.50. The van der Waals surface area contributed by atoms with Crippen LogP contribution in [0.1, 0.15) is 0 Å². The molecule has 2 rings (SSSR count). The molecule has 0 aromatic carbocycles.